The predicted octanol–water partition coefficient (Wildman–Crippen LogP) is 2.32. The van der Waals surface area contributed by atoms with Gasteiger partial charge in [0.1, 0.15) is 0 Å². The van der Waals surface area contributed by atoms with E-state index in [0.717, 1.165) is 12.2 Å². The molecule has 28 heavy (non-hydrogen) atoms. The summed E-state index contributed by atoms with van der Waals surface area (Å²) in [6, 6.07) is 17.2. The summed E-state index contributed by atoms with van der Waals surface area (Å²) in [5.74, 6) is -0.238. The number of benzene rings is 2. The van der Waals surface area contributed by atoms with Crippen LogP contribution in [0.3, 0.4) is 0 Å². The zero-order valence-corrected chi connectivity index (χ0v) is 16.1. The van der Waals surface area contributed by atoms with Crippen LogP contribution >= 0.6 is 0 Å². The van der Waals surface area contributed by atoms with Crippen molar-refractivity contribution < 1.29 is 9.59 Å². The molecule has 0 bridgehead atoms. The third-order valence-electron chi connectivity index (χ3n) is 4.75. The molecule has 2 aromatic carbocycles. The Balaban J connectivity index is 1.76. The van der Waals surface area contributed by atoms with E-state index in [1.807, 2.05) is 42.5 Å². The van der Waals surface area contributed by atoms with Gasteiger partial charge in [-0.05, 0) is 25.5 Å². The van der Waals surface area contributed by atoms with Gasteiger partial charge in [-0.3, -0.25) is 9.69 Å². The van der Waals surface area contributed by atoms with E-state index in [4.69, 9.17) is 5.73 Å². The third-order valence-corrected chi connectivity index (χ3v) is 4.75. The average molecular weight is 379 g/mol. The van der Waals surface area contributed by atoms with Crippen molar-refractivity contribution in [2.24, 2.45) is 10.8 Å². The van der Waals surface area contributed by atoms with Crippen LogP contribution in [0.5, 0.6) is 0 Å². The summed E-state index contributed by atoms with van der Waals surface area (Å²) >= 11 is 0. The molecule has 7 heteroatoms. The number of nitrogens with two attached hydrogens (primary N) is 1. The number of carbonyl (C=O) groups is 2. The topological polar surface area (TPSA) is 91.0 Å². The predicted molar refractivity (Wildman–Crippen MR) is 110 cm³/mol. The van der Waals surface area contributed by atoms with Crippen molar-refractivity contribution >= 4 is 23.3 Å². The lowest BCUT2D eigenvalue weighted by atomic mass is 10.1. The van der Waals surface area contributed by atoms with Crippen LogP contribution < -0.4 is 16.1 Å². The van der Waals surface area contributed by atoms with E-state index in [-0.39, 0.29) is 11.6 Å². The largest absolute Gasteiger partial charge is 0.350 e. The molecule has 1 aliphatic rings. The molecule has 3 amide bonds. The number of nitrogens with one attached hydrogen (secondary N) is 1. The van der Waals surface area contributed by atoms with Gasteiger partial charge in [-0.2, -0.15) is 5.10 Å². The molecule has 0 spiro atoms. The smallest absolute Gasteiger partial charge is 0.332 e. The number of rotatable bonds is 7. The van der Waals surface area contributed by atoms with Gasteiger partial charge in [0.2, 0.25) is 0 Å². The van der Waals surface area contributed by atoms with Gasteiger partial charge in [-0.15, -0.1) is 0 Å². The molecular formula is C21H25N5O2. The molecule has 0 fully saturated rings. The van der Waals surface area contributed by atoms with Crippen molar-refractivity contribution in [2.75, 3.05) is 18.0 Å². The number of hydrogen-bond donors (Lipinski definition) is 2. The van der Waals surface area contributed by atoms with E-state index in [2.05, 4.69) is 41.4 Å². The fraction of sp³-hybridized carbons (Fsp3) is 0.286. The quantitative estimate of drug-likeness (QED) is 0.723. The molecule has 1 aliphatic heterocycles. The van der Waals surface area contributed by atoms with Crippen LogP contribution in [0.15, 0.2) is 59.7 Å². The minimum absolute atomic E-state index is 0.202. The Kier molecular flexibility index (Phi) is 6.06. The summed E-state index contributed by atoms with van der Waals surface area (Å²) in [7, 11) is 0. The number of hydrazone groups is 1. The summed E-state index contributed by atoms with van der Waals surface area (Å²) in [4.78, 5) is 27.9. The van der Waals surface area contributed by atoms with Crippen molar-refractivity contribution in [3.05, 3.63) is 65.7 Å². The van der Waals surface area contributed by atoms with E-state index in [9.17, 15) is 9.59 Å². The molecule has 3 N–H and O–H groups in total. The van der Waals surface area contributed by atoms with Gasteiger partial charge in [0.25, 0.3) is 5.91 Å². The number of nitrogens with zero attached hydrogens (tertiary/aromatic N) is 3. The molecule has 0 saturated heterocycles. The van der Waals surface area contributed by atoms with Crippen LogP contribution in [0.25, 0.3) is 0 Å². The number of para-hydroxylation sites is 1. The molecule has 2 aromatic rings. The van der Waals surface area contributed by atoms with Gasteiger partial charge in [-0.25, -0.2) is 10.2 Å². The van der Waals surface area contributed by atoms with E-state index < -0.39 is 6.03 Å². The number of hydrogen-bond acceptors (Lipinski definition) is 4. The second-order valence-corrected chi connectivity index (χ2v) is 6.96. The lowest BCUT2D eigenvalue weighted by Gasteiger charge is -2.29. The molecule has 7 nitrogen and oxygen atoms in total. The maximum absolute atomic E-state index is 12.9. The van der Waals surface area contributed by atoms with Gasteiger partial charge >= 0.3 is 6.03 Å². The van der Waals surface area contributed by atoms with Gasteiger partial charge in [0, 0.05) is 31.2 Å². The number of fused-ring (bicyclic) bond motifs is 1. The van der Waals surface area contributed by atoms with Gasteiger partial charge in [0.05, 0.1) is 5.69 Å². The van der Waals surface area contributed by atoms with Crippen LogP contribution in [0.1, 0.15) is 25.0 Å². The number of urea groups is 1. The third kappa shape index (κ3) is 4.37. The fourth-order valence-corrected chi connectivity index (χ4v) is 3.27. The summed E-state index contributed by atoms with van der Waals surface area (Å²) < 4.78 is 0. The molecule has 0 radical (unpaired) electrons. The number of anilines is 1. The van der Waals surface area contributed by atoms with Crippen LogP contribution in [-0.2, 0) is 11.3 Å². The molecule has 0 aromatic heterocycles. The maximum Gasteiger partial charge on any atom is 0.332 e. The van der Waals surface area contributed by atoms with Gasteiger partial charge in [0.15, 0.2) is 5.71 Å². The molecule has 1 heterocycles. The fourth-order valence-electron chi connectivity index (χ4n) is 3.27. The first kappa shape index (κ1) is 19.6. The highest BCUT2D eigenvalue weighted by molar-refractivity contribution is 6.54. The standard InChI is InChI=1S/C21H25N5O2/c1-15(2)25(14-16-8-4-3-5-9-16)12-13-26-18-11-7-6-10-17(18)19(20(26)27)23-24-21(22)28/h3-11,15H,12-14H2,1-2H3,(H3,22,24,28)/b23-19+. The molecule has 0 unspecified atom stereocenters. The van der Waals surface area contributed by atoms with Crippen LogP contribution in [-0.4, -0.2) is 41.7 Å². The highest BCUT2D eigenvalue weighted by Crippen LogP contribution is 2.29. The Morgan fingerprint density at radius 1 is 1.14 bits per heavy atom. The highest BCUT2D eigenvalue weighted by Gasteiger charge is 2.34. The zero-order valence-electron chi connectivity index (χ0n) is 16.1. The SMILES string of the molecule is CC(C)N(CCN1C(=O)/C(=N/NC(N)=O)c2ccccc21)Cc1ccccc1. The van der Waals surface area contributed by atoms with Crippen molar-refractivity contribution in [2.45, 2.75) is 26.4 Å². The number of primary amides is 1. The van der Waals surface area contributed by atoms with Crippen molar-refractivity contribution in [3.8, 4) is 0 Å². The molecule has 0 atom stereocenters. The zero-order chi connectivity index (χ0) is 20.1. The minimum atomic E-state index is -0.801. The molecule has 146 valence electrons. The highest BCUT2D eigenvalue weighted by atomic mass is 16.2. The molecule has 3 rings (SSSR count). The summed E-state index contributed by atoms with van der Waals surface area (Å²) in [6.45, 7) is 6.34. The number of carbonyl (C=O) groups excluding carboxylic acids is 2. The first-order valence-electron chi connectivity index (χ1n) is 9.29. The normalized spacial score (nSPS) is 14.8. The van der Waals surface area contributed by atoms with Crippen LogP contribution in [0.2, 0.25) is 0 Å². The molecule has 0 saturated carbocycles. The second kappa shape index (κ2) is 8.67. The average Bonchev–Trinajstić information content (AvgIpc) is 2.95. The Morgan fingerprint density at radius 3 is 2.50 bits per heavy atom. The molecular weight excluding hydrogens is 354 g/mol. The van der Waals surface area contributed by atoms with Crippen molar-refractivity contribution in [1.29, 1.82) is 0 Å². The first-order chi connectivity index (χ1) is 13.5. The summed E-state index contributed by atoms with van der Waals surface area (Å²) in [5, 5.41) is 3.91. The van der Waals surface area contributed by atoms with Crippen molar-refractivity contribution in [1.82, 2.24) is 10.3 Å². The lowest BCUT2D eigenvalue weighted by molar-refractivity contribution is -0.112. The maximum atomic E-state index is 12.9. The Hall–Kier alpha value is -3.19. The first-order valence-corrected chi connectivity index (χ1v) is 9.29. The lowest BCUT2D eigenvalue weighted by Crippen LogP contribution is -2.41. The van der Waals surface area contributed by atoms with Gasteiger partial charge < -0.3 is 10.6 Å². The Morgan fingerprint density at radius 2 is 1.82 bits per heavy atom. The van der Waals surface area contributed by atoms with Crippen molar-refractivity contribution in [3.63, 3.8) is 0 Å². The summed E-state index contributed by atoms with van der Waals surface area (Å²) in [6.07, 6.45) is 0. The second-order valence-electron chi connectivity index (χ2n) is 6.96. The van der Waals surface area contributed by atoms with Crippen LogP contribution in [0, 0.1) is 0 Å². The Bertz CT molecular complexity index is 879. The number of amides is 3. The summed E-state index contributed by atoms with van der Waals surface area (Å²) in [5.41, 5.74) is 10.2. The van der Waals surface area contributed by atoms with E-state index in [0.29, 0.717) is 24.7 Å². The van der Waals surface area contributed by atoms with E-state index in [1.165, 1.54) is 5.56 Å². The minimum Gasteiger partial charge on any atom is -0.350 e. The monoisotopic (exact) mass is 379 g/mol. The van der Waals surface area contributed by atoms with E-state index in [1.54, 1.807) is 4.90 Å². The Labute approximate surface area is 164 Å². The van der Waals surface area contributed by atoms with Crippen LogP contribution in [0.4, 0.5) is 10.5 Å². The van der Waals surface area contributed by atoms with E-state index >= 15 is 0 Å². The van der Waals surface area contributed by atoms with Gasteiger partial charge in [-0.1, -0.05) is 48.5 Å². The molecule has 0 aliphatic carbocycles.